The first kappa shape index (κ1) is 18.8. The van der Waals surface area contributed by atoms with Crippen LogP contribution in [0.1, 0.15) is 27.7 Å². The van der Waals surface area contributed by atoms with Gasteiger partial charge in [-0.1, -0.05) is 54.1 Å². The van der Waals surface area contributed by atoms with Crippen molar-refractivity contribution in [2.24, 2.45) is 0 Å². The topological polar surface area (TPSA) is 29.5 Å². The minimum atomic E-state index is -0.939. The SMILES string of the molecule is CC(C)(O)C(C)(C)OBc1ccc(Cl)c2sc3c4ccccc4ccc3c12. The Morgan fingerprint density at radius 3 is 2.41 bits per heavy atom. The summed E-state index contributed by atoms with van der Waals surface area (Å²) in [6, 6.07) is 16.7. The van der Waals surface area contributed by atoms with Crippen molar-refractivity contribution in [3.8, 4) is 0 Å². The van der Waals surface area contributed by atoms with Gasteiger partial charge in [-0.15, -0.1) is 11.3 Å². The Kier molecular flexibility index (Phi) is 4.51. The average molecular weight is 397 g/mol. The molecule has 0 atom stereocenters. The molecule has 3 aromatic carbocycles. The van der Waals surface area contributed by atoms with Gasteiger partial charge in [0.25, 0.3) is 0 Å². The lowest BCUT2D eigenvalue weighted by atomic mass is 9.80. The molecule has 0 unspecified atom stereocenters. The molecule has 0 saturated carbocycles. The fourth-order valence-electron chi connectivity index (χ4n) is 3.20. The van der Waals surface area contributed by atoms with Gasteiger partial charge in [-0.3, -0.25) is 0 Å². The number of hydrogen-bond acceptors (Lipinski definition) is 3. The third-order valence-corrected chi connectivity index (χ3v) is 7.31. The van der Waals surface area contributed by atoms with Crippen molar-refractivity contribution in [2.45, 2.75) is 38.9 Å². The van der Waals surface area contributed by atoms with E-state index in [9.17, 15) is 5.11 Å². The van der Waals surface area contributed by atoms with E-state index in [1.54, 1.807) is 25.2 Å². The summed E-state index contributed by atoms with van der Waals surface area (Å²) in [5, 5.41) is 16.0. The number of halogens is 1. The van der Waals surface area contributed by atoms with E-state index in [0.29, 0.717) is 7.48 Å². The molecule has 1 aromatic heterocycles. The Bertz CT molecular complexity index is 1160. The third kappa shape index (κ3) is 3.15. The lowest BCUT2D eigenvalue weighted by Gasteiger charge is -2.37. The summed E-state index contributed by atoms with van der Waals surface area (Å²) in [7, 11) is 0.420. The fraction of sp³-hybridized carbons (Fsp3) is 0.273. The second-order valence-corrected chi connectivity index (χ2v) is 9.46. The Morgan fingerprint density at radius 1 is 0.926 bits per heavy atom. The van der Waals surface area contributed by atoms with Crippen LogP contribution in [0, 0.1) is 0 Å². The molecule has 4 aromatic rings. The molecule has 1 N–H and O–H groups in total. The van der Waals surface area contributed by atoms with Crippen LogP contribution >= 0.6 is 22.9 Å². The van der Waals surface area contributed by atoms with Crippen LogP contribution in [0.4, 0.5) is 0 Å². The lowest BCUT2D eigenvalue weighted by molar-refractivity contribution is -0.0893. The highest BCUT2D eigenvalue weighted by Gasteiger charge is 2.35. The Morgan fingerprint density at radius 2 is 1.67 bits per heavy atom. The summed E-state index contributed by atoms with van der Waals surface area (Å²) >= 11 is 8.28. The molecular weight excluding hydrogens is 375 g/mol. The molecule has 0 saturated heterocycles. The Labute approximate surface area is 169 Å². The molecular formula is C22H22BClO2S. The van der Waals surface area contributed by atoms with Crippen LogP contribution in [0.15, 0.2) is 48.5 Å². The molecule has 0 aliphatic heterocycles. The second kappa shape index (κ2) is 6.49. The highest BCUT2D eigenvalue weighted by molar-refractivity contribution is 7.27. The van der Waals surface area contributed by atoms with Gasteiger partial charge in [0.15, 0.2) is 0 Å². The zero-order valence-corrected chi connectivity index (χ0v) is 17.5. The summed E-state index contributed by atoms with van der Waals surface area (Å²) in [6.45, 7) is 7.38. The highest BCUT2D eigenvalue weighted by Crippen LogP contribution is 2.40. The smallest absolute Gasteiger partial charge is 0.310 e. The minimum absolute atomic E-state index is 0.420. The van der Waals surface area contributed by atoms with Gasteiger partial charge in [-0.2, -0.15) is 0 Å². The van der Waals surface area contributed by atoms with Crippen molar-refractivity contribution < 1.29 is 9.76 Å². The molecule has 138 valence electrons. The molecule has 0 amide bonds. The summed E-state index contributed by atoms with van der Waals surface area (Å²) in [5.41, 5.74) is -0.517. The molecule has 0 radical (unpaired) electrons. The molecule has 0 aliphatic carbocycles. The Balaban J connectivity index is 1.89. The van der Waals surface area contributed by atoms with Gasteiger partial charge in [-0.25, -0.2) is 0 Å². The molecule has 27 heavy (non-hydrogen) atoms. The van der Waals surface area contributed by atoms with E-state index in [2.05, 4.69) is 36.4 Å². The normalized spacial score (nSPS) is 13.0. The molecule has 2 nitrogen and oxygen atoms in total. The lowest BCUT2D eigenvalue weighted by Crippen LogP contribution is -2.49. The number of fused-ring (bicyclic) bond motifs is 5. The predicted molar refractivity (Wildman–Crippen MR) is 120 cm³/mol. The summed E-state index contributed by atoms with van der Waals surface area (Å²) in [5.74, 6) is 0. The van der Waals surface area contributed by atoms with Crippen molar-refractivity contribution in [3.05, 3.63) is 53.6 Å². The van der Waals surface area contributed by atoms with Gasteiger partial charge in [-0.05, 0) is 55.4 Å². The van der Waals surface area contributed by atoms with Crippen molar-refractivity contribution >= 4 is 66.8 Å². The van der Waals surface area contributed by atoms with E-state index in [1.165, 1.54) is 20.9 Å². The van der Waals surface area contributed by atoms with Gasteiger partial charge in [0.05, 0.1) is 20.9 Å². The maximum Gasteiger partial charge on any atom is 0.310 e. The zero-order valence-electron chi connectivity index (χ0n) is 16.0. The maximum atomic E-state index is 10.4. The maximum absolute atomic E-state index is 10.4. The van der Waals surface area contributed by atoms with Gasteiger partial charge >= 0.3 is 7.48 Å². The molecule has 0 aliphatic rings. The minimum Gasteiger partial charge on any atom is -0.427 e. The van der Waals surface area contributed by atoms with E-state index in [0.717, 1.165) is 20.6 Å². The second-order valence-electron chi connectivity index (χ2n) is 8.03. The van der Waals surface area contributed by atoms with E-state index in [4.69, 9.17) is 16.3 Å². The quantitative estimate of drug-likeness (QED) is 0.468. The molecule has 5 heteroatoms. The third-order valence-electron chi connectivity index (χ3n) is 5.61. The largest absolute Gasteiger partial charge is 0.427 e. The number of thiophene rings is 1. The summed E-state index contributed by atoms with van der Waals surface area (Å²) in [6.07, 6.45) is 0. The first-order chi connectivity index (χ1) is 12.7. The first-order valence-electron chi connectivity index (χ1n) is 9.07. The van der Waals surface area contributed by atoms with E-state index >= 15 is 0 Å². The van der Waals surface area contributed by atoms with E-state index in [1.807, 2.05) is 26.0 Å². The number of hydrogen-bond donors (Lipinski definition) is 1. The summed E-state index contributed by atoms with van der Waals surface area (Å²) < 4.78 is 8.48. The van der Waals surface area contributed by atoms with Gasteiger partial charge in [0.2, 0.25) is 0 Å². The van der Waals surface area contributed by atoms with E-state index < -0.39 is 11.2 Å². The average Bonchev–Trinajstić information content (AvgIpc) is 3.01. The predicted octanol–water partition coefficient (Wildman–Crippen LogP) is 5.40. The van der Waals surface area contributed by atoms with Gasteiger partial charge < -0.3 is 9.76 Å². The fourth-order valence-corrected chi connectivity index (χ4v) is 4.76. The van der Waals surface area contributed by atoms with Crippen LogP contribution in [-0.2, 0) is 4.65 Å². The molecule has 0 bridgehead atoms. The summed E-state index contributed by atoms with van der Waals surface area (Å²) in [4.78, 5) is 0. The number of rotatable bonds is 4. The highest BCUT2D eigenvalue weighted by atomic mass is 35.5. The van der Waals surface area contributed by atoms with Crippen LogP contribution < -0.4 is 5.46 Å². The van der Waals surface area contributed by atoms with Crippen molar-refractivity contribution in [1.82, 2.24) is 0 Å². The van der Waals surface area contributed by atoms with Crippen molar-refractivity contribution in [2.75, 3.05) is 0 Å². The molecule has 4 rings (SSSR count). The standard InChI is InChI=1S/C22H22BClO2S/c1-21(2,25)22(3,4)26-23-16-11-12-17(24)20-18(16)15-10-9-13-7-5-6-8-14(13)19(15)27-20/h5-12,23,25H,1-4H3. The van der Waals surface area contributed by atoms with Crippen LogP contribution in [0.2, 0.25) is 5.02 Å². The van der Waals surface area contributed by atoms with Crippen molar-refractivity contribution in [1.29, 1.82) is 0 Å². The van der Waals surface area contributed by atoms with Crippen molar-refractivity contribution in [3.63, 3.8) is 0 Å². The molecule has 0 spiro atoms. The van der Waals surface area contributed by atoms with Crippen LogP contribution in [0.25, 0.3) is 30.9 Å². The van der Waals surface area contributed by atoms with Crippen LogP contribution in [0.5, 0.6) is 0 Å². The van der Waals surface area contributed by atoms with Crippen LogP contribution in [-0.4, -0.2) is 23.8 Å². The van der Waals surface area contributed by atoms with E-state index in [-0.39, 0.29) is 0 Å². The van der Waals surface area contributed by atoms with Gasteiger partial charge in [0, 0.05) is 10.1 Å². The van der Waals surface area contributed by atoms with Crippen LogP contribution in [0.3, 0.4) is 0 Å². The Hall–Kier alpha value is -1.59. The first-order valence-corrected chi connectivity index (χ1v) is 10.3. The molecule has 1 heterocycles. The monoisotopic (exact) mass is 396 g/mol. The number of aliphatic hydroxyl groups is 1. The number of benzene rings is 3. The molecule has 0 fully saturated rings. The zero-order chi connectivity index (χ0) is 19.4. The van der Waals surface area contributed by atoms with Gasteiger partial charge in [0.1, 0.15) is 0 Å².